The van der Waals surface area contributed by atoms with Gasteiger partial charge in [0.05, 0.1) is 15.9 Å². The maximum Gasteiger partial charge on any atom is 0.243 e. The van der Waals surface area contributed by atoms with E-state index in [1.165, 1.54) is 24.3 Å². The van der Waals surface area contributed by atoms with Crippen LogP contribution in [0.4, 0.5) is 0 Å². The van der Waals surface area contributed by atoms with E-state index < -0.39 is 20.0 Å². The van der Waals surface area contributed by atoms with E-state index >= 15 is 0 Å². The van der Waals surface area contributed by atoms with E-state index in [9.17, 15) is 16.8 Å². The molecule has 2 heterocycles. The molecule has 1 aromatic carbocycles. The first-order chi connectivity index (χ1) is 12.7. The number of ether oxygens (including phenoxy) is 1. The van der Waals surface area contributed by atoms with Gasteiger partial charge >= 0.3 is 0 Å². The first kappa shape index (κ1) is 20.7. The first-order valence-corrected chi connectivity index (χ1v) is 12.4. The highest BCUT2D eigenvalue weighted by molar-refractivity contribution is 7.89. The third-order valence-corrected chi connectivity index (χ3v) is 8.93. The minimum absolute atomic E-state index is 0.0548. The number of sulfonamides is 2. The van der Waals surface area contributed by atoms with E-state index in [2.05, 4.69) is 4.72 Å². The fraction of sp³-hybridized carbons (Fsp3) is 0.667. The Bertz CT molecular complexity index is 836. The molecule has 2 aliphatic rings. The average molecular weight is 417 g/mol. The Kier molecular flexibility index (Phi) is 6.27. The smallest absolute Gasteiger partial charge is 0.243 e. The molecule has 0 amide bonds. The normalized spacial score (nSPS) is 27.7. The SMILES string of the molecule is C[C@@H]1CCC[C@@H](C)N1S(=O)(=O)c1ccc(S(=O)(=O)NC[C@H]2CCCO2)cc1. The molecule has 1 N–H and O–H groups in total. The maximum absolute atomic E-state index is 13.0. The van der Waals surface area contributed by atoms with Gasteiger partial charge in [-0.15, -0.1) is 0 Å². The van der Waals surface area contributed by atoms with Crippen LogP contribution in [0.3, 0.4) is 0 Å². The summed E-state index contributed by atoms with van der Waals surface area (Å²) in [6, 6.07) is 5.34. The van der Waals surface area contributed by atoms with Crippen LogP contribution in [0.25, 0.3) is 0 Å². The highest BCUT2D eigenvalue weighted by Crippen LogP contribution is 2.29. The van der Waals surface area contributed by atoms with E-state index in [0.29, 0.717) is 6.61 Å². The fourth-order valence-corrected chi connectivity index (χ4v) is 6.82. The summed E-state index contributed by atoms with van der Waals surface area (Å²) >= 11 is 0. The summed E-state index contributed by atoms with van der Waals surface area (Å²) in [7, 11) is -7.34. The average Bonchev–Trinajstić information content (AvgIpc) is 3.13. The van der Waals surface area contributed by atoms with Gasteiger partial charge < -0.3 is 4.74 Å². The lowest BCUT2D eigenvalue weighted by Gasteiger charge is -2.37. The Morgan fingerprint density at radius 2 is 1.56 bits per heavy atom. The second kappa shape index (κ2) is 8.16. The highest BCUT2D eigenvalue weighted by Gasteiger charge is 2.35. The van der Waals surface area contributed by atoms with Crippen LogP contribution in [-0.2, 0) is 24.8 Å². The minimum atomic E-state index is -3.69. The molecule has 2 fully saturated rings. The molecule has 9 heteroatoms. The van der Waals surface area contributed by atoms with Crippen molar-refractivity contribution in [3.8, 4) is 0 Å². The Hall–Kier alpha value is -1.00. The standard InChI is InChI=1S/C18H28N2O5S2/c1-14-5-3-6-15(2)20(14)27(23,24)18-10-8-17(9-11-18)26(21,22)19-13-16-7-4-12-25-16/h8-11,14-16,19H,3-7,12-13H2,1-2H3/t14-,15-,16-/m1/s1. The van der Waals surface area contributed by atoms with Gasteiger partial charge in [-0.3, -0.25) is 0 Å². The molecular weight excluding hydrogens is 388 g/mol. The van der Waals surface area contributed by atoms with Gasteiger partial charge in [0.25, 0.3) is 0 Å². The number of hydrogen-bond acceptors (Lipinski definition) is 5. The Morgan fingerprint density at radius 3 is 2.11 bits per heavy atom. The van der Waals surface area contributed by atoms with Crippen molar-refractivity contribution in [3.05, 3.63) is 24.3 Å². The van der Waals surface area contributed by atoms with Crippen LogP contribution < -0.4 is 4.72 Å². The summed E-state index contributed by atoms with van der Waals surface area (Å²) in [5, 5.41) is 0. The molecule has 0 aromatic heterocycles. The van der Waals surface area contributed by atoms with Gasteiger partial charge in [0, 0.05) is 25.2 Å². The molecule has 7 nitrogen and oxygen atoms in total. The quantitative estimate of drug-likeness (QED) is 0.767. The van der Waals surface area contributed by atoms with E-state index in [1.54, 1.807) is 4.31 Å². The van der Waals surface area contributed by atoms with Crippen LogP contribution in [0.5, 0.6) is 0 Å². The Balaban J connectivity index is 1.75. The number of nitrogens with zero attached hydrogens (tertiary/aromatic N) is 1. The van der Waals surface area contributed by atoms with Crippen molar-refractivity contribution in [2.45, 2.75) is 73.9 Å². The number of rotatable bonds is 6. The van der Waals surface area contributed by atoms with Crippen LogP contribution in [0.2, 0.25) is 0 Å². The summed E-state index contributed by atoms with van der Waals surface area (Å²) in [4.78, 5) is 0.181. The van der Waals surface area contributed by atoms with Crippen molar-refractivity contribution < 1.29 is 21.6 Å². The Labute approximate surface area is 162 Å². The van der Waals surface area contributed by atoms with Gasteiger partial charge in [-0.25, -0.2) is 21.6 Å². The van der Waals surface area contributed by atoms with Crippen LogP contribution in [0.15, 0.2) is 34.1 Å². The maximum atomic E-state index is 13.0. The zero-order valence-corrected chi connectivity index (χ0v) is 17.4. The lowest BCUT2D eigenvalue weighted by atomic mass is 10.0. The van der Waals surface area contributed by atoms with Crippen molar-refractivity contribution in [2.24, 2.45) is 0 Å². The predicted octanol–water partition coefficient (Wildman–Crippen LogP) is 2.10. The molecular formula is C18H28N2O5S2. The molecule has 3 rings (SSSR count). The van der Waals surface area contributed by atoms with Crippen LogP contribution >= 0.6 is 0 Å². The molecule has 0 bridgehead atoms. The first-order valence-electron chi connectivity index (χ1n) is 9.47. The lowest BCUT2D eigenvalue weighted by Crippen LogP contribution is -2.47. The van der Waals surface area contributed by atoms with Crippen molar-refractivity contribution >= 4 is 20.0 Å². The van der Waals surface area contributed by atoms with Crippen LogP contribution in [0.1, 0.15) is 46.0 Å². The summed E-state index contributed by atoms with van der Waals surface area (Å²) < 4.78 is 60.4. The third-order valence-electron chi connectivity index (χ3n) is 5.35. The molecule has 0 aliphatic carbocycles. The second-order valence-electron chi connectivity index (χ2n) is 7.42. The van der Waals surface area contributed by atoms with Crippen LogP contribution in [0, 0.1) is 0 Å². The highest BCUT2D eigenvalue weighted by atomic mass is 32.2. The molecule has 2 saturated heterocycles. The molecule has 0 spiro atoms. The number of hydrogen-bond donors (Lipinski definition) is 1. The summed E-state index contributed by atoms with van der Waals surface area (Å²) in [5.41, 5.74) is 0. The topological polar surface area (TPSA) is 92.8 Å². The summed E-state index contributed by atoms with van der Waals surface area (Å²) in [5.74, 6) is 0. The lowest BCUT2D eigenvalue weighted by molar-refractivity contribution is 0.114. The number of piperidine rings is 1. The zero-order chi connectivity index (χ0) is 19.7. The van der Waals surface area contributed by atoms with E-state index in [-0.39, 0.29) is 34.5 Å². The van der Waals surface area contributed by atoms with Crippen molar-refractivity contribution in [1.82, 2.24) is 9.03 Å². The van der Waals surface area contributed by atoms with Crippen molar-refractivity contribution in [2.75, 3.05) is 13.2 Å². The fourth-order valence-electron chi connectivity index (χ4n) is 3.88. The van der Waals surface area contributed by atoms with E-state index in [4.69, 9.17) is 4.74 Å². The molecule has 0 radical (unpaired) electrons. The molecule has 0 unspecified atom stereocenters. The van der Waals surface area contributed by atoms with Gasteiger partial charge in [0.1, 0.15) is 0 Å². The predicted molar refractivity (Wildman–Crippen MR) is 102 cm³/mol. The number of benzene rings is 1. The summed E-state index contributed by atoms with van der Waals surface area (Å²) in [6.07, 6.45) is 4.37. The second-order valence-corrected chi connectivity index (χ2v) is 11.0. The monoisotopic (exact) mass is 416 g/mol. The van der Waals surface area contributed by atoms with Crippen molar-refractivity contribution in [3.63, 3.8) is 0 Å². The minimum Gasteiger partial charge on any atom is -0.377 e. The van der Waals surface area contributed by atoms with E-state index in [0.717, 1.165) is 32.1 Å². The van der Waals surface area contributed by atoms with E-state index in [1.807, 2.05) is 13.8 Å². The van der Waals surface area contributed by atoms with Crippen LogP contribution in [-0.4, -0.2) is 52.5 Å². The molecule has 1 aromatic rings. The molecule has 0 saturated carbocycles. The zero-order valence-electron chi connectivity index (χ0n) is 15.8. The molecule has 2 aliphatic heterocycles. The molecule has 3 atom stereocenters. The van der Waals surface area contributed by atoms with Gasteiger partial charge in [-0.05, 0) is 63.8 Å². The van der Waals surface area contributed by atoms with Gasteiger partial charge in [-0.1, -0.05) is 6.42 Å². The molecule has 27 heavy (non-hydrogen) atoms. The number of nitrogens with one attached hydrogen (secondary N) is 1. The summed E-state index contributed by atoms with van der Waals surface area (Å²) in [6.45, 7) is 4.72. The van der Waals surface area contributed by atoms with Gasteiger partial charge in [0.15, 0.2) is 0 Å². The Morgan fingerprint density at radius 1 is 0.963 bits per heavy atom. The van der Waals surface area contributed by atoms with Crippen molar-refractivity contribution in [1.29, 1.82) is 0 Å². The van der Waals surface area contributed by atoms with Gasteiger partial charge in [-0.2, -0.15) is 4.31 Å². The third kappa shape index (κ3) is 4.54. The molecule has 152 valence electrons. The largest absolute Gasteiger partial charge is 0.377 e. The van der Waals surface area contributed by atoms with Gasteiger partial charge in [0.2, 0.25) is 20.0 Å².